The topological polar surface area (TPSA) is 29.1 Å². The summed E-state index contributed by atoms with van der Waals surface area (Å²) in [6, 6.07) is 6.51. The maximum absolute atomic E-state index is 12.9. The Hall–Kier alpha value is -1.38. The van der Waals surface area contributed by atoms with E-state index in [0.29, 0.717) is 13.0 Å². The number of nitrogens with one attached hydrogen (secondary N) is 1. The van der Waals surface area contributed by atoms with E-state index in [9.17, 15) is 9.18 Å². The van der Waals surface area contributed by atoms with Crippen molar-refractivity contribution in [1.82, 2.24) is 5.32 Å². The van der Waals surface area contributed by atoms with E-state index in [4.69, 9.17) is 0 Å². The van der Waals surface area contributed by atoms with E-state index in [-0.39, 0.29) is 17.6 Å². The number of rotatable bonds is 1. The number of hydrogen-bond acceptors (Lipinski definition) is 1. The van der Waals surface area contributed by atoms with E-state index >= 15 is 0 Å². The summed E-state index contributed by atoms with van der Waals surface area (Å²) >= 11 is 0. The Labute approximate surface area is 82.1 Å². The van der Waals surface area contributed by atoms with Gasteiger partial charge < -0.3 is 5.32 Å². The van der Waals surface area contributed by atoms with Gasteiger partial charge in [-0.15, -0.1) is 0 Å². The third kappa shape index (κ3) is 1.92. The molecule has 1 aromatic carbocycles. The van der Waals surface area contributed by atoms with Gasteiger partial charge in [-0.05, 0) is 30.0 Å². The molecule has 0 radical (unpaired) electrons. The van der Waals surface area contributed by atoms with Gasteiger partial charge in [0, 0.05) is 13.0 Å². The fourth-order valence-electron chi connectivity index (χ4n) is 1.83. The molecular weight excluding hydrogens is 181 g/mol. The molecule has 1 heterocycles. The highest BCUT2D eigenvalue weighted by molar-refractivity contribution is 5.77. The first-order valence-electron chi connectivity index (χ1n) is 4.78. The number of halogens is 1. The van der Waals surface area contributed by atoms with Gasteiger partial charge in [0.05, 0.1) is 0 Å². The van der Waals surface area contributed by atoms with Crippen LogP contribution in [-0.4, -0.2) is 12.5 Å². The zero-order valence-electron chi connectivity index (χ0n) is 7.79. The largest absolute Gasteiger partial charge is 0.356 e. The molecule has 1 saturated heterocycles. The third-order valence-corrected chi connectivity index (χ3v) is 2.57. The number of piperidine rings is 1. The van der Waals surface area contributed by atoms with E-state index in [1.807, 2.05) is 6.07 Å². The first-order valence-corrected chi connectivity index (χ1v) is 4.78. The summed E-state index contributed by atoms with van der Waals surface area (Å²) < 4.78 is 12.9. The summed E-state index contributed by atoms with van der Waals surface area (Å²) in [7, 11) is 0. The summed E-state index contributed by atoms with van der Waals surface area (Å²) in [5.41, 5.74) is 0.930. The SMILES string of the molecule is O=C1C[C@H](c2cccc(F)c2)CCN1. The quantitative estimate of drug-likeness (QED) is 0.724. The van der Waals surface area contributed by atoms with Crippen LogP contribution in [0, 0.1) is 5.82 Å². The fraction of sp³-hybridized carbons (Fsp3) is 0.364. The van der Waals surface area contributed by atoms with Crippen molar-refractivity contribution in [3.05, 3.63) is 35.6 Å². The molecule has 1 aliphatic rings. The van der Waals surface area contributed by atoms with Crippen molar-refractivity contribution < 1.29 is 9.18 Å². The van der Waals surface area contributed by atoms with E-state index in [0.717, 1.165) is 12.0 Å². The highest BCUT2D eigenvalue weighted by atomic mass is 19.1. The molecule has 2 rings (SSSR count). The van der Waals surface area contributed by atoms with Crippen LogP contribution in [-0.2, 0) is 4.79 Å². The molecule has 1 amide bonds. The Morgan fingerprint density at radius 1 is 1.43 bits per heavy atom. The minimum absolute atomic E-state index is 0.0607. The minimum Gasteiger partial charge on any atom is -0.356 e. The molecule has 0 bridgehead atoms. The van der Waals surface area contributed by atoms with Crippen LogP contribution in [0.25, 0.3) is 0 Å². The van der Waals surface area contributed by atoms with E-state index in [1.165, 1.54) is 12.1 Å². The fourth-order valence-corrected chi connectivity index (χ4v) is 1.83. The van der Waals surface area contributed by atoms with E-state index < -0.39 is 0 Å². The molecule has 0 aromatic heterocycles. The van der Waals surface area contributed by atoms with Gasteiger partial charge in [0.2, 0.25) is 5.91 Å². The average Bonchev–Trinajstić information content (AvgIpc) is 2.18. The van der Waals surface area contributed by atoms with Crippen molar-refractivity contribution in [2.45, 2.75) is 18.8 Å². The standard InChI is InChI=1S/C11H12FNO/c12-10-3-1-2-8(6-10)9-4-5-13-11(14)7-9/h1-3,6,9H,4-5,7H2,(H,13,14)/t9-/m1/s1. The average molecular weight is 193 g/mol. The second-order valence-corrected chi connectivity index (χ2v) is 3.59. The summed E-state index contributed by atoms with van der Waals surface area (Å²) in [5, 5.41) is 2.76. The van der Waals surface area contributed by atoms with Crippen molar-refractivity contribution >= 4 is 5.91 Å². The molecule has 0 saturated carbocycles. The number of amides is 1. The Morgan fingerprint density at radius 3 is 3.00 bits per heavy atom. The van der Waals surface area contributed by atoms with Crippen molar-refractivity contribution in [1.29, 1.82) is 0 Å². The van der Waals surface area contributed by atoms with Gasteiger partial charge in [0.1, 0.15) is 5.82 Å². The summed E-state index contributed by atoms with van der Waals surface area (Å²) in [4.78, 5) is 11.1. The Kier molecular flexibility index (Phi) is 2.48. The van der Waals surface area contributed by atoms with Crippen LogP contribution in [0.5, 0.6) is 0 Å². The molecule has 1 fully saturated rings. The number of carbonyl (C=O) groups is 1. The van der Waals surface area contributed by atoms with Crippen molar-refractivity contribution in [3.63, 3.8) is 0 Å². The smallest absolute Gasteiger partial charge is 0.220 e. The second-order valence-electron chi connectivity index (χ2n) is 3.59. The van der Waals surface area contributed by atoms with Crippen LogP contribution in [0.1, 0.15) is 24.3 Å². The van der Waals surface area contributed by atoms with Gasteiger partial charge in [-0.1, -0.05) is 12.1 Å². The molecule has 0 spiro atoms. The Balaban J connectivity index is 2.17. The van der Waals surface area contributed by atoms with Gasteiger partial charge >= 0.3 is 0 Å². The van der Waals surface area contributed by atoms with Gasteiger partial charge in [-0.2, -0.15) is 0 Å². The van der Waals surface area contributed by atoms with Crippen LogP contribution >= 0.6 is 0 Å². The molecule has 1 atom stereocenters. The summed E-state index contributed by atoms with van der Waals surface area (Å²) in [5.74, 6) is 0.0124. The van der Waals surface area contributed by atoms with Crippen LogP contribution in [0.15, 0.2) is 24.3 Å². The maximum atomic E-state index is 12.9. The van der Waals surface area contributed by atoms with Gasteiger partial charge in [-0.25, -0.2) is 4.39 Å². The predicted octanol–water partition coefficient (Wildman–Crippen LogP) is 1.82. The van der Waals surface area contributed by atoms with E-state index in [2.05, 4.69) is 5.32 Å². The molecule has 0 aliphatic carbocycles. The first-order chi connectivity index (χ1) is 6.75. The monoisotopic (exact) mass is 193 g/mol. The van der Waals surface area contributed by atoms with Crippen LogP contribution in [0.2, 0.25) is 0 Å². The maximum Gasteiger partial charge on any atom is 0.220 e. The van der Waals surface area contributed by atoms with Crippen molar-refractivity contribution in [2.24, 2.45) is 0 Å². The van der Waals surface area contributed by atoms with Crippen LogP contribution in [0.3, 0.4) is 0 Å². The third-order valence-electron chi connectivity index (χ3n) is 2.57. The lowest BCUT2D eigenvalue weighted by Gasteiger charge is -2.22. The molecule has 1 N–H and O–H groups in total. The first kappa shape index (κ1) is 9.19. The minimum atomic E-state index is -0.228. The zero-order chi connectivity index (χ0) is 9.97. The second kappa shape index (κ2) is 3.78. The lowest BCUT2D eigenvalue weighted by Crippen LogP contribution is -2.32. The highest BCUT2D eigenvalue weighted by Crippen LogP contribution is 2.25. The molecule has 14 heavy (non-hydrogen) atoms. The molecule has 1 aromatic rings. The van der Waals surface area contributed by atoms with Crippen molar-refractivity contribution in [3.8, 4) is 0 Å². The molecule has 1 aliphatic heterocycles. The Morgan fingerprint density at radius 2 is 2.29 bits per heavy atom. The number of hydrogen-bond donors (Lipinski definition) is 1. The molecule has 0 unspecified atom stereocenters. The summed E-state index contributed by atoms with van der Waals surface area (Å²) in [6.07, 6.45) is 1.37. The lowest BCUT2D eigenvalue weighted by molar-refractivity contribution is -0.122. The normalized spacial score (nSPS) is 21.8. The van der Waals surface area contributed by atoms with Crippen LogP contribution < -0.4 is 5.32 Å². The van der Waals surface area contributed by atoms with E-state index in [1.54, 1.807) is 6.07 Å². The van der Waals surface area contributed by atoms with Gasteiger partial charge in [0.25, 0.3) is 0 Å². The van der Waals surface area contributed by atoms with Crippen LogP contribution in [0.4, 0.5) is 4.39 Å². The highest BCUT2D eigenvalue weighted by Gasteiger charge is 2.20. The summed E-state index contributed by atoms with van der Waals surface area (Å²) in [6.45, 7) is 0.694. The van der Waals surface area contributed by atoms with Gasteiger partial charge in [0.15, 0.2) is 0 Å². The lowest BCUT2D eigenvalue weighted by atomic mass is 9.90. The molecular formula is C11H12FNO. The molecule has 3 heteroatoms. The van der Waals surface area contributed by atoms with Gasteiger partial charge in [-0.3, -0.25) is 4.79 Å². The predicted molar refractivity (Wildman–Crippen MR) is 51.4 cm³/mol. The Bertz CT molecular complexity index is 351. The zero-order valence-corrected chi connectivity index (χ0v) is 7.79. The molecule has 2 nitrogen and oxygen atoms in total. The van der Waals surface area contributed by atoms with Crippen molar-refractivity contribution in [2.75, 3.05) is 6.54 Å². The molecule has 74 valence electrons. The number of benzene rings is 1. The number of carbonyl (C=O) groups excluding carboxylic acids is 1.